The summed E-state index contributed by atoms with van der Waals surface area (Å²) in [7, 11) is 1.62. The number of halogens is 2. The summed E-state index contributed by atoms with van der Waals surface area (Å²) in [4.78, 5) is 7.96. The second-order valence-electron chi connectivity index (χ2n) is 2.94. The first-order chi connectivity index (χ1) is 7.70. The molecule has 2 aromatic rings. The van der Waals surface area contributed by atoms with Crippen LogP contribution in [0.4, 0.5) is 14.7 Å². The van der Waals surface area contributed by atoms with Gasteiger partial charge in [-0.2, -0.15) is 15.1 Å². The van der Waals surface area contributed by atoms with Crippen molar-refractivity contribution in [1.29, 1.82) is 0 Å². The van der Waals surface area contributed by atoms with Gasteiger partial charge in [-0.1, -0.05) is 0 Å². The van der Waals surface area contributed by atoms with Gasteiger partial charge in [0.05, 0.1) is 6.20 Å². The average molecular weight is 229 g/mol. The number of hydrogen-bond acceptors (Lipinski definition) is 5. The van der Waals surface area contributed by atoms with E-state index in [4.69, 9.17) is 4.74 Å². The zero-order valence-electron chi connectivity index (χ0n) is 8.37. The molecule has 2 aromatic heterocycles. The van der Waals surface area contributed by atoms with E-state index in [1.165, 1.54) is 6.20 Å². The lowest BCUT2D eigenvalue weighted by Gasteiger charge is -2.06. The SMILES string of the molecule is CNc1nc(OCC(F)F)c2cn[nH]c2n1. The van der Waals surface area contributed by atoms with Crippen molar-refractivity contribution < 1.29 is 13.5 Å². The van der Waals surface area contributed by atoms with Gasteiger partial charge >= 0.3 is 0 Å². The van der Waals surface area contributed by atoms with E-state index in [0.29, 0.717) is 11.0 Å². The first-order valence-electron chi connectivity index (χ1n) is 4.50. The monoisotopic (exact) mass is 229 g/mol. The minimum absolute atomic E-state index is 0.0865. The molecule has 0 aromatic carbocycles. The van der Waals surface area contributed by atoms with Crippen molar-refractivity contribution in [2.45, 2.75) is 6.43 Å². The van der Waals surface area contributed by atoms with Crippen molar-refractivity contribution in [2.24, 2.45) is 0 Å². The van der Waals surface area contributed by atoms with Gasteiger partial charge in [-0.25, -0.2) is 8.78 Å². The second kappa shape index (κ2) is 4.25. The zero-order valence-corrected chi connectivity index (χ0v) is 8.37. The maximum Gasteiger partial charge on any atom is 0.272 e. The van der Waals surface area contributed by atoms with Crippen LogP contribution in [0.1, 0.15) is 0 Å². The van der Waals surface area contributed by atoms with E-state index in [1.807, 2.05) is 0 Å². The Morgan fingerprint density at radius 3 is 3.00 bits per heavy atom. The Balaban J connectivity index is 2.36. The summed E-state index contributed by atoms with van der Waals surface area (Å²) >= 11 is 0. The van der Waals surface area contributed by atoms with Gasteiger partial charge in [0.1, 0.15) is 5.39 Å². The van der Waals surface area contributed by atoms with E-state index >= 15 is 0 Å². The summed E-state index contributed by atoms with van der Waals surface area (Å²) < 4.78 is 28.9. The lowest BCUT2D eigenvalue weighted by molar-refractivity contribution is 0.0805. The number of fused-ring (bicyclic) bond motifs is 1. The van der Waals surface area contributed by atoms with Crippen LogP contribution in [0.2, 0.25) is 0 Å². The number of alkyl halides is 2. The Kier molecular flexibility index (Phi) is 2.80. The fraction of sp³-hybridized carbons (Fsp3) is 0.375. The van der Waals surface area contributed by atoms with Crippen LogP contribution in [0, 0.1) is 0 Å². The van der Waals surface area contributed by atoms with Crippen LogP contribution in [0.3, 0.4) is 0 Å². The number of nitrogens with zero attached hydrogens (tertiary/aromatic N) is 3. The first kappa shape index (κ1) is 10.5. The summed E-state index contributed by atoms with van der Waals surface area (Å²) in [6.45, 7) is -0.708. The smallest absolute Gasteiger partial charge is 0.272 e. The Bertz CT molecular complexity index is 486. The van der Waals surface area contributed by atoms with Crippen LogP contribution in [-0.4, -0.2) is 40.2 Å². The molecule has 8 heteroatoms. The highest BCUT2D eigenvalue weighted by atomic mass is 19.3. The van der Waals surface area contributed by atoms with Crippen molar-refractivity contribution in [3.05, 3.63) is 6.20 Å². The van der Waals surface area contributed by atoms with Crippen molar-refractivity contribution in [1.82, 2.24) is 20.2 Å². The van der Waals surface area contributed by atoms with E-state index in [2.05, 4.69) is 25.5 Å². The number of hydrogen-bond donors (Lipinski definition) is 2. The maximum absolute atomic E-state index is 12.0. The Morgan fingerprint density at radius 1 is 1.50 bits per heavy atom. The van der Waals surface area contributed by atoms with Gasteiger partial charge in [0.15, 0.2) is 12.3 Å². The number of ether oxygens (including phenoxy) is 1. The Morgan fingerprint density at radius 2 is 2.31 bits per heavy atom. The van der Waals surface area contributed by atoms with Gasteiger partial charge in [0.2, 0.25) is 11.8 Å². The molecule has 0 radical (unpaired) electrons. The number of rotatable bonds is 4. The fourth-order valence-electron chi connectivity index (χ4n) is 1.17. The highest BCUT2D eigenvalue weighted by Crippen LogP contribution is 2.22. The molecule has 0 bridgehead atoms. The molecule has 0 aliphatic heterocycles. The molecule has 2 N–H and O–H groups in total. The molecular formula is C8H9F2N5O. The minimum atomic E-state index is -2.55. The maximum atomic E-state index is 12.0. The summed E-state index contributed by atoms with van der Waals surface area (Å²) in [5.74, 6) is 0.365. The summed E-state index contributed by atoms with van der Waals surface area (Å²) in [6, 6.07) is 0. The summed E-state index contributed by atoms with van der Waals surface area (Å²) in [6.07, 6.45) is -1.12. The quantitative estimate of drug-likeness (QED) is 0.819. The first-order valence-corrected chi connectivity index (χ1v) is 4.50. The standard InChI is InChI=1S/C8H9F2N5O/c1-11-8-13-6-4(2-12-15-6)7(14-8)16-3-5(9)10/h2,5H,3H2,1H3,(H2,11,12,13,14,15). The molecule has 0 saturated carbocycles. The van der Waals surface area contributed by atoms with Crippen molar-refractivity contribution in [3.63, 3.8) is 0 Å². The number of anilines is 1. The summed E-state index contributed by atoms with van der Waals surface area (Å²) in [5.41, 5.74) is 0.434. The lowest BCUT2D eigenvalue weighted by atomic mass is 10.4. The fourth-order valence-corrected chi connectivity index (χ4v) is 1.17. The Labute approximate surface area is 89.0 Å². The van der Waals surface area contributed by atoms with Gasteiger partial charge in [-0.15, -0.1) is 0 Å². The van der Waals surface area contributed by atoms with Gasteiger partial charge in [-0.05, 0) is 0 Å². The minimum Gasteiger partial charge on any atom is -0.471 e. The molecule has 2 heterocycles. The predicted molar refractivity (Wildman–Crippen MR) is 52.7 cm³/mol. The molecule has 0 aliphatic carbocycles. The summed E-state index contributed by atoms with van der Waals surface area (Å²) in [5, 5.41) is 9.53. The molecule has 86 valence electrons. The zero-order chi connectivity index (χ0) is 11.5. The highest BCUT2D eigenvalue weighted by molar-refractivity contribution is 5.80. The Hall–Kier alpha value is -1.99. The average Bonchev–Trinajstić information content (AvgIpc) is 2.73. The number of aromatic amines is 1. The molecule has 0 aliphatic rings. The molecule has 0 unspecified atom stereocenters. The molecule has 0 spiro atoms. The largest absolute Gasteiger partial charge is 0.471 e. The third-order valence-electron chi connectivity index (χ3n) is 1.84. The third-order valence-corrected chi connectivity index (χ3v) is 1.84. The van der Waals surface area contributed by atoms with E-state index in [9.17, 15) is 8.78 Å². The molecule has 0 fully saturated rings. The van der Waals surface area contributed by atoms with Gasteiger partial charge in [0, 0.05) is 7.05 Å². The molecule has 2 rings (SSSR count). The van der Waals surface area contributed by atoms with Gasteiger partial charge in [-0.3, -0.25) is 5.10 Å². The molecule has 0 amide bonds. The van der Waals surface area contributed by atoms with Crippen LogP contribution < -0.4 is 10.1 Å². The second-order valence-corrected chi connectivity index (χ2v) is 2.94. The predicted octanol–water partition coefficient (Wildman–Crippen LogP) is 1.04. The van der Waals surface area contributed by atoms with Crippen LogP contribution >= 0.6 is 0 Å². The van der Waals surface area contributed by atoms with E-state index in [1.54, 1.807) is 7.05 Å². The number of aromatic nitrogens is 4. The van der Waals surface area contributed by atoms with Gasteiger partial charge in [0.25, 0.3) is 6.43 Å². The van der Waals surface area contributed by atoms with Crippen molar-refractivity contribution in [3.8, 4) is 5.88 Å². The molecule has 6 nitrogen and oxygen atoms in total. The van der Waals surface area contributed by atoms with Crippen LogP contribution in [0.25, 0.3) is 11.0 Å². The highest BCUT2D eigenvalue weighted by Gasteiger charge is 2.12. The number of nitrogens with one attached hydrogen (secondary N) is 2. The molecular weight excluding hydrogens is 220 g/mol. The normalized spacial score (nSPS) is 11.0. The van der Waals surface area contributed by atoms with Crippen LogP contribution in [-0.2, 0) is 0 Å². The van der Waals surface area contributed by atoms with E-state index < -0.39 is 13.0 Å². The van der Waals surface area contributed by atoms with Gasteiger partial charge < -0.3 is 10.1 Å². The molecule has 16 heavy (non-hydrogen) atoms. The topological polar surface area (TPSA) is 75.7 Å². The lowest BCUT2D eigenvalue weighted by Crippen LogP contribution is -2.09. The van der Waals surface area contributed by atoms with E-state index in [-0.39, 0.29) is 11.8 Å². The third kappa shape index (κ3) is 2.00. The van der Waals surface area contributed by atoms with Crippen LogP contribution in [0.5, 0.6) is 5.88 Å². The number of H-pyrrole nitrogens is 1. The van der Waals surface area contributed by atoms with E-state index in [0.717, 1.165) is 0 Å². The van der Waals surface area contributed by atoms with Crippen molar-refractivity contribution in [2.75, 3.05) is 19.0 Å². The molecule has 0 atom stereocenters. The van der Waals surface area contributed by atoms with Crippen LogP contribution in [0.15, 0.2) is 6.20 Å². The molecule has 0 saturated heterocycles. The van der Waals surface area contributed by atoms with Crippen molar-refractivity contribution >= 4 is 17.0 Å².